The first-order valence-electron chi connectivity index (χ1n) is 6.38. The van der Waals surface area contributed by atoms with Crippen LogP contribution in [0.3, 0.4) is 0 Å². The minimum Gasteiger partial charge on any atom is -0.328 e. The molecule has 0 bridgehead atoms. The van der Waals surface area contributed by atoms with Gasteiger partial charge >= 0.3 is 0 Å². The fourth-order valence-corrected chi connectivity index (χ4v) is 3.05. The van der Waals surface area contributed by atoms with Crippen molar-refractivity contribution < 1.29 is 0 Å². The molecular weight excluding hydrogens is 266 g/mol. The molecule has 0 radical (unpaired) electrons. The quantitative estimate of drug-likeness (QED) is 0.910. The highest BCUT2D eigenvalue weighted by Crippen LogP contribution is 2.28. The maximum atomic E-state index is 5.91. The van der Waals surface area contributed by atoms with E-state index in [4.69, 9.17) is 5.73 Å². The lowest BCUT2D eigenvalue weighted by molar-refractivity contribution is 0.205. The van der Waals surface area contributed by atoms with Crippen LogP contribution in [0, 0.1) is 0 Å². The van der Waals surface area contributed by atoms with Gasteiger partial charge in [0.05, 0.1) is 6.54 Å². The molecule has 0 unspecified atom stereocenters. The Morgan fingerprint density at radius 3 is 2.50 bits per heavy atom. The molecule has 0 aliphatic carbocycles. The van der Waals surface area contributed by atoms with Gasteiger partial charge in [-0.05, 0) is 18.3 Å². The van der Waals surface area contributed by atoms with Crippen LogP contribution in [0.25, 0.3) is 0 Å². The number of thiazole rings is 1. The third kappa shape index (κ3) is 4.19. The fourth-order valence-electron chi connectivity index (χ4n) is 2.03. The van der Waals surface area contributed by atoms with Gasteiger partial charge in [0.2, 0.25) is 0 Å². The van der Waals surface area contributed by atoms with Gasteiger partial charge < -0.3 is 5.73 Å². The Labute approximate surface area is 120 Å². The minimum atomic E-state index is 0. The molecule has 1 fully saturated rings. The van der Waals surface area contributed by atoms with E-state index >= 15 is 0 Å². The Balaban J connectivity index is 0.00000162. The number of rotatable bonds is 2. The van der Waals surface area contributed by atoms with E-state index < -0.39 is 0 Å². The first kappa shape index (κ1) is 15.9. The molecule has 18 heavy (non-hydrogen) atoms. The van der Waals surface area contributed by atoms with Gasteiger partial charge in [0, 0.05) is 30.2 Å². The van der Waals surface area contributed by atoms with Crippen molar-refractivity contribution in [3.8, 4) is 0 Å². The summed E-state index contributed by atoms with van der Waals surface area (Å²) in [5.41, 5.74) is 6.13. The molecule has 1 saturated heterocycles. The van der Waals surface area contributed by atoms with Crippen LogP contribution < -0.4 is 5.73 Å². The predicted octanol–water partition coefficient (Wildman–Crippen LogP) is 2.79. The maximum Gasteiger partial charge on any atom is 0.107 e. The number of hydrogen-bond donors (Lipinski definition) is 1. The number of nitrogens with zero attached hydrogens (tertiary/aromatic N) is 2. The summed E-state index contributed by atoms with van der Waals surface area (Å²) < 4.78 is 0. The van der Waals surface area contributed by atoms with Crippen molar-refractivity contribution in [1.29, 1.82) is 0 Å². The number of piperidine rings is 1. The predicted molar refractivity (Wildman–Crippen MR) is 80.5 cm³/mol. The van der Waals surface area contributed by atoms with Gasteiger partial charge in [0.25, 0.3) is 0 Å². The Hall–Kier alpha value is -0.160. The molecule has 2 heterocycles. The van der Waals surface area contributed by atoms with Crippen LogP contribution in [0.15, 0.2) is 6.20 Å². The fraction of sp³-hybridized carbons (Fsp3) is 0.769. The van der Waals surface area contributed by atoms with Crippen LogP contribution in [0.1, 0.15) is 43.5 Å². The highest BCUT2D eigenvalue weighted by molar-refractivity contribution is 7.11. The largest absolute Gasteiger partial charge is 0.328 e. The van der Waals surface area contributed by atoms with Crippen molar-refractivity contribution in [2.75, 3.05) is 13.1 Å². The number of aromatic nitrogens is 1. The van der Waals surface area contributed by atoms with E-state index in [9.17, 15) is 0 Å². The summed E-state index contributed by atoms with van der Waals surface area (Å²) in [6.45, 7) is 9.95. The van der Waals surface area contributed by atoms with Crippen molar-refractivity contribution in [2.24, 2.45) is 5.73 Å². The normalized spacial score (nSPS) is 18.7. The van der Waals surface area contributed by atoms with E-state index in [-0.39, 0.29) is 17.8 Å². The summed E-state index contributed by atoms with van der Waals surface area (Å²) in [6.07, 6.45) is 4.28. The molecule has 0 aromatic carbocycles. The van der Waals surface area contributed by atoms with Crippen molar-refractivity contribution in [3.05, 3.63) is 16.1 Å². The van der Waals surface area contributed by atoms with Gasteiger partial charge in [0.1, 0.15) is 5.01 Å². The van der Waals surface area contributed by atoms with Crippen LogP contribution in [0.2, 0.25) is 0 Å². The monoisotopic (exact) mass is 289 g/mol. The summed E-state index contributed by atoms with van der Waals surface area (Å²) in [5.74, 6) is 0. The number of halogens is 1. The summed E-state index contributed by atoms with van der Waals surface area (Å²) >= 11 is 1.85. The molecule has 2 rings (SSSR count). The van der Waals surface area contributed by atoms with Crippen molar-refractivity contribution in [1.82, 2.24) is 9.88 Å². The van der Waals surface area contributed by atoms with Crippen LogP contribution in [-0.2, 0) is 12.0 Å². The molecule has 0 spiro atoms. The highest BCUT2D eigenvalue weighted by Gasteiger charge is 2.20. The Bertz CT molecular complexity index is 365. The van der Waals surface area contributed by atoms with E-state index in [1.165, 1.54) is 9.88 Å². The average Bonchev–Trinajstić information content (AvgIpc) is 2.69. The molecule has 1 aromatic rings. The first-order valence-corrected chi connectivity index (χ1v) is 7.20. The van der Waals surface area contributed by atoms with Gasteiger partial charge in [-0.25, -0.2) is 4.98 Å². The van der Waals surface area contributed by atoms with Crippen molar-refractivity contribution in [2.45, 2.75) is 51.6 Å². The second kappa shape index (κ2) is 6.33. The summed E-state index contributed by atoms with van der Waals surface area (Å²) in [7, 11) is 0. The third-order valence-electron chi connectivity index (χ3n) is 3.28. The SMILES string of the molecule is CC(C)(C)c1cnc(CN2CCC(N)CC2)s1.Cl. The number of hydrogen-bond acceptors (Lipinski definition) is 4. The summed E-state index contributed by atoms with van der Waals surface area (Å²) in [4.78, 5) is 8.38. The van der Waals surface area contributed by atoms with Gasteiger partial charge in [-0.1, -0.05) is 20.8 Å². The van der Waals surface area contributed by atoms with Crippen LogP contribution in [0.5, 0.6) is 0 Å². The number of nitrogens with two attached hydrogens (primary N) is 1. The maximum absolute atomic E-state index is 5.91. The summed E-state index contributed by atoms with van der Waals surface area (Å²) in [6, 6.07) is 0.410. The minimum absolute atomic E-state index is 0. The van der Waals surface area contributed by atoms with E-state index in [1.807, 2.05) is 17.5 Å². The van der Waals surface area contributed by atoms with Crippen LogP contribution >= 0.6 is 23.7 Å². The smallest absolute Gasteiger partial charge is 0.107 e. The van der Waals surface area contributed by atoms with Gasteiger partial charge in [-0.2, -0.15) is 0 Å². The molecule has 3 nitrogen and oxygen atoms in total. The van der Waals surface area contributed by atoms with Gasteiger partial charge in [0.15, 0.2) is 0 Å². The van der Waals surface area contributed by atoms with Gasteiger partial charge in [-0.15, -0.1) is 23.7 Å². The Morgan fingerprint density at radius 2 is 2.00 bits per heavy atom. The molecule has 1 aliphatic heterocycles. The standard InChI is InChI=1S/C13H23N3S.ClH/c1-13(2,3)11-8-15-12(17-11)9-16-6-4-10(14)5-7-16;/h8,10H,4-7,9,14H2,1-3H3;1H. The molecule has 0 saturated carbocycles. The highest BCUT2D eigenvalue weighted by atomic mass is 35.5. The lowest BCUT2D eigenvalue weighted by atomic mass is 9.96. The number of likely N-dealkylation sites (tertiary alicyclic amines) is 1. The van der Waals surface area contributed by atoms with Crippen LogP contribution in [-0.4, -0.2) is 29.0 Å². The third-order valence-corrected chi connectivity index (χ3v) is 4.69. The Morgan fingerprint density at radius 1 is 1.39 bits per heavy atom. The van der Waals surface area contributed by atoms with Gasteiger partial charge in [-0.3, -0.25) is 4.90 Å². The molecule has 5 heteroatoms. The average molecular weight is 290 g/mol. The van der Waals surface area contributed by atoms with E-state index in [1.54, 1.807) is 0 Å². The molecule has 1 aromatic heterocycles. The van der Waals surface area contributed by atoms with Crippen LogP contribution in [0.4, 0.5) is 0 Å². The van der Waals surface area contributed by atoms with E-state index in [2.05, 4.69) is 30.7 Å². The second-order valence-electron chi connectivity index (χ2n) is 5.98. The van der Waals surface area contributed by atoms with Crippen molar-refractivity contribution in [3.63, 3.8) is 0 Å². The first-order chi connectivity index (χ1) is 7.95. The van der Waals surface area contributed by atoms with E-state index in [0.29, 0.717) is 6.04 Å². The Kier molecular flexibility index (Phi) is 5.59. The zero-order valence-electron chi connectivity index (χ0n) is 11.5. The molecule has 2 N–H and O–H groups in total. The summed E-state index contributed by atoms with van der Waals surface area (Å²) in [5, 5.41) is 1.24. The topological polar surface area (TPSA) is 42.2 Å². The van der Waals surface area contributed by atoms with E-state index in [0.717, 1.165) is 32.5 Å². The zero-order chi connectivity index (χ0) is 12.5. The molecular formula is C13H24ClN3S. The lowest BCUT2D eigenvalue weighted by Crippen LogP contribution is -2.39. The lowest BCUT2D eigenvalue weighted by Gasteiger charge is -2.29. The molecule has 0 amide bonds. The second-order valence-corrected chi connectivity index (χ2v) is 7.10. The zero-order valence-corrected chi connectivity index (χ0v) is 13.1. The molecule has 104 valence electrons. The molecule has 1 aliphatic rings. The molecule has 0 atom stereocenters. The van der Waals surface area contributed by atoms with Crippen molar-refractivity contribution >= 4 is 23.7 Å².